The van der Waals surface area contributed by atoms with Crippen LogP contribution in [0.3, 0.4) is 0 Å². The third-order valence-electron chi connectivity index (χ3n) is 3.56. The van der Waals surface area contributed by atoms with Gasteiger partial charge in [-0.2, -0.15) is 0 Å². The van der Waals surface area contributed by atoms with Gasteiger partial charge in [-0.05, 0) is 32.0 Å². The SMILES string of the molecule is CC1(C)CN(c2ccc3ccccc3n2)CC(CBr)O1. The van der Waals surface area contributed by atoms with Crippen molar-refractivity contribution in [3.05, 3.63) is 36.4 Å². The maximum atomic E-state index is 6.05. The zero-order valence-electron chi connectivity index (χ0n) is 11.8. The molecule has 0 spiro atoms. The van der Waals surface area contributed by atoms with Gasteiger partial charge in [0, 0.05) is 23.8 Å². The van der Waals surface area contributed by atoms with Crippen LogP contribution in [-0.2, 0) is 4.74 Å². The maximum absolute atomic E-state index is 6.05. The summed E-state index contributed by atoms with van der Waals surface area (Å²) in [6.07, 6.45) is 0.201. The normalized spacial score (nSPS) is 22.1. The monoisotopic (exact) mass is 334 g/mol. The van der Waals surface area contributed by atoms with Crippen molar-refractivity contribution in [2.45, 2.75) is 25.6 Å². The fourth-order valence-corrected chi connectivity index (χ4v) is 3.12. The number of halogens is 1. The molecule has 0 bridgehead atoms. The first kappa shape index (κ1) is 13.8. The lowest BCUT2D eigenvalue weighted by atomic mass is 10.1. The largest absolute Gasteiger partial charge is 0.368 e. The Morgan fingerprint density at radius 3 is 2.90 bits per heavy atom. The molecule has 2 aromatic rings. The summed E-state index contributed by atoms with van der Waals surface area (Å²) in [7, 11) is 0. The number of ether oxygens (including phenoxy) is 1. The van der Waals surface area contributed by atoms with Crippen molar-refractivity contribution < 1.29 is 4.74 Å². The van der Waals surface area contributed by atoms with Crippen LogP contribution >= 0.6 is 15.9 Å². The molecule has 2 heterocycles. The molecule has 1 atom stereocenters. The van der Waals surface area contributed by atoms with Crippen LogP contribution < -0.4 is 4.90 Å². The molecule has 3 nitrogen and oxygen atoms in total. The molecular weight excluding hydrogens is 316 g/mol. The number of fused-ring (bicyclic) bond motifs is 1. The van der Waals surface area contributed by atoms with Gasteiger partial charge in [0.2, 0.25) is 0 Å². The minimum atomic E-state index is -0.149. The molecule has 1 aliphatic rings. The van der Waals surface area contributed by atoms with Crippen LogP contribution in [0.1, 0.15) is 13.8 Å². The predicted molar refractivity (Wildman–Crippen MR) is 86.7 cm³/mol. The molecule has 1 aliphatic heterocycles. The van der Waals surface area contributed by atoms with Crippen molar-refractivity contribution in [2.75, 3.05) is 23.3 Å². The number of aromatic nitrogens is 1. The third-order valence-corrected chi connectivity index (χ3v) is 4.28. The summed E-state index contributed by atoms with van der Waals surface area (Å²) in [6.45, 7) is 6.01. The molecule has 1 fully saturated rings. The number of anilines is 1. The Kier molecular flexibility index (Phi) is 3.69. The number of rotatable bonds is 2. The Hall–Kier alpha value is -1.13. The second-order valence-electron chi connectivity index (χ2n) is 5.90. The molecule has 0 aliphatic carbocycles. The summed E-state index contributed by atoms with van der Waals surface area (Å²) in [4.78, 5) is 7.11. The van der Waals surface area contributed by atoms with Gasteiger partial charge in [-0.1, -0.05) is 34.1 Å². The Balaban J connectivity index is 1.93. The van der Waals surface area contributed by atoms with E-state index in [1.54, 1.807) is 0 Å². The van der Waals surface area contributed by atoms with E-state index in [4.69, 9.17) is 9.72 Å². The van der Waals surface area contributed by atoms with E-state index >= 15 is 0 Å². The van der Waals surface area contributed by atoms with Gasteiger partial charge in [0.1, 0.15) is 5.82 Å². The van der Waals surface area contributed by atoms with Crippen molar-refractivity contribution in [3.63, 3.8) is 0 Å². The highest BCUT2D eigenvalue weighted by atomic mass is 79.9. The Bertz CT molecular complexity index is 614. The van der Waals surface area contributed by atoms with Gasteiger partial charge in [-0.3, -0.25) is 0 Å². The molecular formula is C16H19BrN2O. The van der Waals surface area contributed by atoms with Crippen molar-refractivity contribution in [2.24, 2.45) is 0 Å². The summed E-state index contributed by atoms with van der Waals surface area (Å²) in [5, 5.41) is 2.03. The number of para-hydroxylation sites is 1. The molecule has 4 heteroatoms. The van der Waals surface area contributed by atoms with Gasteiger partial charge in [0.05, 0.1) is 17.2 Å². The highest BCUT2D eigenvalue weighted by molar-refractivity contribution is 9.09. The molecule has 0 N–H and O–H groups in total. The zero-order valence-corrected chi connectivity index (χ0v) is 13.4. The average molecular weight is 335 g/mol. The van der Waals surface area contributed by atoms with Gasteiger partial charge in [0.25, 0.3) is 0 Å². The predicted octanol–water partition coefficient (Wildman–Crippen LogP) is 3.61. The van der Waals surface area contributed by atoms with E-state index in [-0.39, 0.29) is 11.7 Å². The highest BCUT2D eigenvalue weighted by Crippen LogP contribution is 2.27. The quantitative estimate of drug-likeness (QED) is 0.784. The number of benzene rings is 1. The van der Waals surface area contributed by atoms with Gasteiger partial charge >= 0.3 is 0 Å². The van der Waals surface area contributed by atoms with Crippen LogP contribution in [0.5, 0.6) is 0 Å². The average Bonchev–Trinajstić information content (AvgIpc) is 2.45. The van der Waals surface area contributed by atoms with Crippen LogP contribution in [0.2, 0.25) is 0 Å². The number of nitrogens with zero attached hydrogens (tertiary/aromatic N) is 2. The summed E-state index contributed by atoms with van der Waals surface area (Å²) >= 11 is 3.53. The Morgan fingerprint density at radius 1 is 1.30 bits per heavy atom. The van der Waals surface area contributed by atoms with Crippen molar-refractivity contribution >= 4 is 32.7 Å². The second-order valence-corrected chi connectivity index (χ2v) is 6.54. The fourth-order valence-electron chi connectivity index (χ4n) is 2.78. The first-order valence-electron chi connectivity index (χ1n) is 6.92. The van der Waals surface area contributed by atoms with Gasteiger partial charge in [0.15, 0.2) is 0 Å². The van der Waals surface area contributed by atoms with Crippen molar-refractivity contribution in [3.8, 4) is 0 Å². The molecule has 20 heavy (non-hydrogen) atoms. The minimum Gasteiger partial charge on any atom is -0.368 e. The number of hydrogen-bond donors (Lipinski definition) is 0. The van der Waals surface area contributed by atoms with E-state index in [0.717, 1.165) is 29.8 Å². The zero-order chi connectivity index (χ0) is 14.2. The molecule has 106 valence electrons. The van der Waals surface area contributed by atoms with Gasteiger partial charge in [-0.15, -0.1) is 0 Å². The minimum absolute atomic E-state index is 0.149. The summed E-state index contributed by atoms with van der Waals surface area (Å²) in [5.74, 6) is 1.03. The van der Waals surface area contributed by atoms with Crippen LogP contribution in [0.15, 0.2) is 36.4 Å². The van der Waals surface area contributed by atoms with E-state index in [2.05, 4.69) is 58.9 Å². The molecule has 0 amide bonds. The van der Waals surface area contributed by atoms with Crippen LogP contribution in [0.25, 0.3) is 10.9 Å². The fraction of sp³-hybridized carbons (Fsp3) is 0.438. The standard InChI is InChI=1S/C16H19BrN2O/c1-16(2)11-19(10-13(9-17)20-16)15-8-7-12-5-3-4-6-14(12)18-15/h3-8,13H,9-11H2,1-2H3. The maximum Gasteiger partial charge on any atom is 0.129 e. The highest BCUT2D eigenvalue weighted by Gasteiger charge is 2.33. The smallest absolute Gasteiger partial charge is 0.129 e. The van der Waals surface area contributed by atoms with Crippen LogP contribution in [0.4, 0.5) is 5.82 Å². The number of hydrogen-bond acceptors (Lipinski definition) is 3. The molecule has 0 saturated carbocycles. The molecule has 1 unspecified atom stereocenters. The lowest BCUT2D eigenvalue weighted by Gasteiger charge is -2.43. The van der Waals surface area contributed by atoms with E-state index < -0.39 is 0 Å². The number of alkyl halides is 1. The lowest BCUT2D eigenvalue weighted by Crippen LogP contribution is -2.53. The van der Waals surface area contributed by atoms with E-state index in [9.17, 15) is 0 Å². The summed E-state index contributed by atoms with van der Waals surface area (Å²) < 4.78 is 6.05. The second kappa shape index (κ2) is 5.34. The van der Waals surface area contributed by atoms with E-state index in [1.807, 2.05) is 12.1 Å². The summed E-state index contributed by atoms with van der Waals surface area (Å²) in [6, 6.07) is 12.5. The molecule has 1 saturated heterocycles. The van der Waals surface area contributed by atoms with Gasteiger partial charge in [-0.25, -0.2) is 4.98 Å². The van der Waals surface area contributed by atoms with Crippen LogP contribution in [-0.4, -0.2) is 35.1 Å². The first-order valence-corrected chi connectivity index (χ1v) is 8.04. The first-order chi connectivity index (χ1) is 9.57. The molecule has 0 radical (unpaired) electrons. The molecule has 3 rings (SSSR count). The Morgan fingerprint density at radius 2 is 2.10 bits per heavy atom. The lowest BCUT2D eigenvalue weighted by molar-refractivity contribution is -0.0725. The van der Waals surface area contributed by atoms with Crippen molar-refractivity contribution in [1.82, 2.24) is 4.98 Å². The van der Waals surface area contributed by atoms with Crippen molar-refractivity contribution in [1.29, 1.82) is 0 Å². The molecule has 1 aromatic heterocycles. The summed E-state index contributed by atoms with van der Waals surface area (Å²) in [5.41, 5.74) is 0.897. The number of pyridine rings is 1. The number of morpholine rings is 1. The van der Waals surface area contributed by atoms with Crippen LogP contribution in [0, 0.1) is 0 Å². The van der Waals surface area contributed by atoms with E-state index in [0.29, 0.717) is 0 Å². The topological polar surface area (TPSA) is 25.4 Å². The third kappa shape index (κ3) is 2.81. The van der Waals surface area contributed by atoms with E-state index in [1.165, 1.54) is 5.39 Å². The van der Waals surface area contributed by atoms with Gasteiger partial charge < -0.3 is 9.64 Å². The Labute approximate surface area is 128 Å². The molecule has 1 aromatic carbocycles.